The lowest BCUT2D eigenvalue weighted by Crippen LogP contribution is -2.35. The van der Waals surface area contributed by atoms with E-state index in [9.17, 15) is 4.79 Å². The molecule has 0 radical (unpaired) electrons. The zero-order chi connectivity index (χ0) is 22.9. The van der Waals surface area contributed by atoms with Crippen LogP contribution in [0.25, 0.3) is 22.6 Å². The zero-order valence-electron chi connectivity index (χ0n) is 19.7. The summed E-state index contributed by atoms with van der Waals surface area (Å²) in [7, 11) is 3.61. The molecule has 1 amide bonds. The predicted molar refractivity (Wildman–Crippen MR) is 127 cm³/mol. The number of amides is 1. The number of nitrogens with zero attached hydrogens (tertiary/aromatic N) is 4. The standard InChI is InChI=1S/C26H32N4O2/c1-26(2,3)23-16-19(11-12-27-23)24-28-21(17-29(24)4)18-9-10-20(22(15-18)32-5)25(31)30-13-7-6-8-14-30/h9-12,15-17H,6-8,13-14H2,1-5H3. The normalized spacial score (nSPS) is 14.5. The van der Waals surface area contributed by atoms with E-state index in [0.717, 1.165) is 54.3 Å². The van der Waals surface area contributed by atoms with Gasteiger partial charge < -0.3 is 14.2 Å². The highest BCUT2D eigenvalue weighted by atomic mass is 16.5. The molecule has 1 aliphatic rings. The molecule has 4 rings (SSSR count). The number of methoxy groups -OCH3 is 1. The third kappa shape index (κ3) is 4.40. The highest BCUT2D eigenvalue weighted by molar-refractivity contribution is 5.97. The topological polar surface area (TPSA) is 60.2 Å². The minimum atomic E-state index is -0.0336. The summed E-state index contributed by atoms with van der Waals surface area (Å²) in [5, 5.41) is 0. The summed E-state index contributed by atoms with van der Waals surface area (Å²) in [6, 6.07) is 9.83. The summed E-state index contributed by atoms with van der Waals surface area (Å²) in [4.78, 5) is 24.4. The Morgan fingerprint density at radius 2 is 1.78 bits per heavy atom. The fourth-order valence-electron chi connectivity index (χ4n) is 4.15. The van der Waals surface area contributed by atoms with Crippen LogP contribution < -0.4 is 4.74 Å². The monoisotopic (exact) mass is 432 g/mol. The van der Waals surface area contributed by atoms with E-state index in [4.69, 9.17) is 9.72 Å². The van der Waals surface area contributed by atoms with E-state index in [2.05, 4.69) is 31.8 Å². The van der Waals surface area contributed by atoms with Crippen LogP contribution in [-0.2, 0) is 12.5 Å². The van der Waals surface area contributed by atoms with Gasteiger partial charge in [-0.3, -0.25) is 9.78 Å². The van der Waals surface area contributed by atoms with Crippen molar-refractivity contribution in [2.45, 2.75) is 45.4 Å². The van der Waals surface area contributed by atoms with Gasteiger partial charge in [-0.05, 0) is 43.5 Å². The molecular formula is C26H32N4O2. The summed E-state index contributed by atoms with van der Waals surface area (Å²) >= 11 is 0. The molecule has 168 valence electrons. The van der Waals surface area contributed by atoms with Crippen molar-refractivity contribution in [3.8, 4) is 28.4 Å². The SMILES string of the molecule is COc1cc(-c2cn(C)c(-c3ccnc(C(C)(C)C)c3)n2)ccc1C(=O)N1CCCCC1. The quantitative estimate of drug-likeness (QED) is 0.577. The van der Waals surface area contributed by atoms with Gasteiger partial charge in [-0.25, -0.2) is 4.98 Å². The Morgan fingerprint density at radius 3 is 2.47 bits per heavy atom. The molecule has 1 fully saturated rings. The Hall–Kier alpha value is -3.15. The van der Waals surface area contributed by atoms with Gasteiger partial charge >= 0.3 is 0 Å². The van der Waals surface area contributed by atoms with Gasteiger partial charge in [0.2, 0.25) is 0 Å². The largest absolute Gasteiger partial charge is 0.496 e. The van der Waals surface area contributed by atoms with Crippen LogP contribution in [-0.4, -0.2) is 45.5 Å². The van der Waals surface area contributed by atoms with E-state index in [0.29, 0.717) is 11.3 Å². The Bertz CT molecular complexity index is 1120. The van der Waals surface area contributed by atoms with E-state index in [-0.39, 0.29) is 11.3 Å². The average Bonchev–Trinajstić information content (AvgIpc) is 3.20. The molecule has 6 heteroatoms. The van der Waals surface area contributed by atoms with Crippen molar-refractivity contribution in [2.24, 2.45) is 7.05 Å². The van der Waals surface area contributed by atoms with E-state index in [1.54, 1.807) is 7.11 Å². The maximum absolute atomic E-state index is 13.0. The molecule has 1 aromatic carbocycles. The van der Waals surface area contributed by atoms with Crippen LogP contribution in [0.5, 0.6) is 5.75 Å². The Morgan fingerprint density at radius 1 is 1.03 bits per heavy atom. The molecule has 3 heterocycles. The Kier molecular flexibility index (Phi) is 6.04. The lowest BCUT2D eigenvalue weighted by atomic mass is 9.91. The molecule has 0 atom stereocenters. The number of likely N-dealkylation sites (tertiary alicyclic amines) is 1. The van der Waals surface area contributed by atoms with Gasteiger partial charge in [0.1, 0.15) is 11.6 Å². The molecule has 1 aliphatic heterocycles. The maximum Gasteiger partial charge on any atom is 0.257 e. The van der Waals surface area contributed by atoms with Gasteiger partial charge in [0, 0.05) is 54.8 Å². The molecule has 6 nitrogen and oxygen atoms in total. The molecule has 3 aromatic rings. The molecule has 1 saturated heterocycles. The molecular weight excluding hydrogens is 400 g/mol. The fourth-order valence-corrected chi connectivity index (χ4v) is 4.15. The van der Waals surface area contributed by atoms with Crippen LogP contribution in [0, 0.1) is 0 Å². The molecule has 32 heavy (non-hydrogen) atoms. The fraction of sp³-hybridized carbons (Fsp3) is 0.423. The first kappa shape index (κ1) is 22.1. The molecule has 0 bridgehead atoms. The average molecular weight is 433 g/mol. The summed E-state index contributed by atoms with van der Waals surface area (Å²) < 4.78 is 7.63. The Labute approximate surface area is 190 Å². The van der Waals surface area contributed by atoms with Crippen LogP contribution in [0.3, 0.4) is 0 Å². The molecule has 0 spiro atoms. The summed E-state index contributed by atoms with van der Waals surface area (Å²) in [6.07, 6.45) is 7.17. The van der Waals surface area contributed by atoms with Gasteiger partial charge in [0.05, 0.1) is 18.4 Å². The number of benzene rings is 1. The van der Waals surface area contributed by atoms with Crippen molar-refractivity contribution in [1.82, 2.24) is 19.4 Å². The van der Waals surface area contributed by atoms with Crippen molar-refractivity contribution in [2.75, 3.05) is 20.2 Å². The minimum Gasteiger partial charge on any atom is -0.496 e. The number of pyridine rings is 1. The second kappa shape index (κ2) is 8.77. The predicted octanol–water partition coefficient (Wildman–Crippen LogP) is 5.08. The van der Waals surface area contributed by atoms with Crippen LogP contribution in [0.1, 0.15) is 56.1 Å². The zero-order valence-corrected chi connectivity index (χ0v) is 19.7. The second-order valence-electron chi connectivity index (χ2n) is 9.51. The van der Waals surface area contributed by atoms with Crippen LogP contribution in [0.4, 0.5) is 0 Å². The van der Waals surface area contributed by atoms with Gasteiger partial charge in [0.25, 0.3) is 5.91 Å². The van der Waals surface area contributed by atoms with E-state index in [1.165, 1.54) is 6.42 Å². The van der Waals surface area contributed by atoms with Crippen molar-refractivity contribution in [3.05, 3.63) is 54.0 Å². The van der Waals surface area contributed by atoms with E-state index in [1.807, 2.05) is 53.2 Å². The third-order valence-corrected chi connectivity index (χ3v) is 6.03. The highest BCUT2D eigenvalue weighted by Crippen LogP contribution is 2.31. The summed E-state index contributed by atoms with van der Waals surface area (Å²) in [5.41, 5.74) is 4.40. The smallest absolute Gasteiger partial charge is 0.257 e. The Balaban J connectivity index is 1.66. The van der Waals surface area contributed by atoms with E-state index >= 15 is 0 Å². The summed E-state index contributed by atoms with van der Waals surface area (Å²) in [5.74, 6) is 1.51. The number of aryl methyl sites for hydroxylation is 1. The summed E-state index contributed by atoms with van der Waals surface area (Å²) in [6.45, 7) is 8.09. The number of rotatable bonds is 4. The second-order valence-corrected chi connectivity index (χ2v) is 9.51. The molecule has 0 unspecified atom stereocenters. The van der Waals surface area contributed by atoms with Crippen LogP contribution >= 0.6 is 0 Å². The lowest BCUT2D eigenvalue weighted by Gasteiger charge is -2.27. The highest BCUT2D eigenvalue weighted by Gasteiger charge is 2.22. The molecule has 0 saturated carbocycles. The molecule has 0 N–H and O–H groups in total. The third-order valence-electron chi connectivity index (χ3n) is 6.03. The number of imidazole rings is 1. The first-order valence-electron chi connectivity index (χ1n) is 11.3. The number of carbonyl (C=O) groups excluding carboxylic acids is 1. The number of hydrogen-bond acceptors (Lipinski definition) is 4. The number of piperidine rings is 1. The number of aromatic nitrogens is 3. The number of carbonyl (C=O) groups is 1. The number of ether oxygens (including phenoxy) is 1. The number of hydrogen-bond donors (Lipinski definition) is 0. The van der Waals surface area contributed by atoms with Crippen molar-refractivity contribution in [3.63, 3.8) is 0 Å². The molecule has 2 aromatic heterocycles. The van der Waals surface area contributed by atoms with Crippen molar-refractivity contribution in [1.29, 1.82) is 0 Å². The first-order valence-corrected chi connectivity index (χ1v) is 11.3. The minimum absolute atomic E-state index is 0.0336. The first-order chi connectivity index (χ1) is 15.3. The van der Waals surface area contributed by atoms with Gasteiger partial charge in [-0.2, -0.15) is 0 Å². The maximum atomic E-state index is 13.0. The van der Waals surface area contributed by atoms with Gasteiger partial charge in [-0.1, -0.05) is 26.8 Å². The van der Waals surface area contributed by atoms with E-state index < -0.39 is 0 Å². The van der Waals surface area contributed by atoms with Crippen molar-refractivity contribution >= 4 is 5.91 Å². The van der Waals surface area contributed by atoms with Gasteiger partial charge in [0.15, 0.2) is 0 Å². The van der Waals surface area contributed by atoms with Crippen molar-refractivity contribution < 1.29 is 9.53 Å². The lowest BCUT2D eigenvalue weighted by molar-refractivity contribution is 0.0721. The van der Waals surface area contributed by atoms with Crippen LogP contribution in [0.15, 0.2) is 42.7 Å². The van der Waals surface area contributed by atoms with Gasteiger partial charge in [-0.15, -0.1) is 0 Å². The molecule has 0 aliphatic carbocycles. The van der Waals surface area contributed by atoms with Crippen LogP contribution in [0.2, 0.25) is 0 Å².